The summed E-state index contributed by atoms with van der Waals surface area (Å²) in [5.41, 5.74) is 5.15. The quantitative estimate of drug-likeness (QED) is 0.831. The summed E-state index contributed by atoms with van der Waals surface area (Å²) in [6.07, 6.45) is 0. The number of benzene rings is 1. The van der Waals surface area contributed by atoms with Gasteiger partial charge in [0.2, 0.25) is 0 Å². The van der Waals surface area contributed by atoms with Crippen molar-refractivity contribution < 1.29 is 14.7 Å². The number of hydrogen-bond donors (Lipinski definition) is 2. The summed E-state index contributed by atoms with van der Waals surface area (Å²) in [7, 11) is 0. The van der Waals surface area contributed by atoms with E-state index in [4.69, 9.17) is 5.73 Å². The zero-order valence-electron chi connectivity index (χ0n) is 11.1. The number of aliphatic carboxylic acids is 1. The first-order valence-electron chi connectivity index (χ1n) is 5.82. The second-order valence-corrected chi connectivity index (χ2v) is 5.56. The van der Waals surface area contributed by atoms with Crippen molar-refractivity contribution >= 4 is 33.5 Å². The number of carbonyl (C=O) groups is 2. The lowest BCUT2D eigenvalue weighted by Crippen LogP contribution is -2.53. The van der Waals surface area contributed by atoms with Crippen molar-refractivity contribution in [3.05, 3.63) is 28.2 Å². The van der Waals surface area contributed by atoms with Crippen LogP contribution < -0.4 is 5.73 Å². The largest absolute Gasteiger partial charge is 0.480 e. The van der Waals surface area contributed by atoms with E-state index in [1.54, 1.807) is 25.1 Å². The number of hydrogen-bond acceptors (Lipinski definition) is 3. The van der Waals surface area contributed by atoms with Crippen molar-refractivity contribution in [1.29, 1.82) is 0 Å². The highest BCUT2D eigenvalue weighted by Crippen LogP contribution is 2.23. The van der Waals surface area contributed by atoms with Gasteiger partial charge in [-0.3, -0.25) is 4.79 Å². The maximum atomic E-state index is 12.4. The molecule has 0 radical (unpaired) electrons. The second kappa shape index (κ2) is 5.61. The van der Waals surface area contributed by atoms with E-state index in [1.165, 1.54) is 18.7 Å². The lowest BCUT2D eigenvalue weighted by atomic mass is 10.0. The molecular formula is C13H17BrN2O3. The smallest absolute Gasteiger partial charge is 0.329 e. The van der Waals surface area contributed by atoms with E-state index in [9.17, 15) is 14.7 Å². The van der Waals surface area contributed by atoms with Crippen LogP contribution in [0.3, 0.4) is 0 Å². The van der Waals surface area contributed by atoms with Crippen LogP contribution in [0.5, 0.6) is 0 Å². The normalized spacial score (nSPS) is 11.2. The fourth-order valence-electron chi connectivity index (χ4n) is 1.78. The second-order valence-electron chi connectivity index (χ2n) is 4.65. The standard InChI is InChI=1S/C13H17BrN2O3/c1-4-16(13(2,3)12(18)19)11(17)9-6-5-8(14)7-10(9)15/h5-7H,4,15H2,1-3H3,(H,18,19). The first-order chi connectivity index (χ1) is 8.71. The van der Waals surface area contributed by atoms with Gasteiger partial charge < -0.3 is 15.7 Å². The Kier molecular flexibility index (Phi) is 4.57. The molecule has 0 fully saturated rings. The van der Waals surface area contributed by atoms with Gasteiger partial charge in [0, 0.05) is 16.7 Å². The third-order valence-electron chi connectivity index (χ3n) is 3.00. The molecule has 1 aromatic rings. The third kappa shape index (κ3) is 3.07. The molecule has 0 heterocycles. The predicted molar refractivity (Wildman–Crippen MR) is 77.0 cm³/mol. The van der Waals surface area contributed by atoms with Gasteiger partial charge in [0.1, 0.15) is 5.54 Å². The molecule has 19 heavy (non-hydrogen) atoms. The average Bonchev–Trinajstić information content (AvgIpc) is 2.28. The molecule has 104 valence electrons. The van der Waals surface area contributed by atoms with Crippen LogP contribution in [0.15, 0.2) is 22.7 Å². The number of halogens is 1. The Morgan fingerprint density at radius 2 is 2.00 bits per heavy atom. The van der Waals surface area contributed by atoms with Gasteiger partial charge >= 0.3 is 5.97 Å². The van der Waals surface area contributed by atoms with Crippen LogP contribution in [0.2, 0.25) is 0 Å². The first kappa shape index (κ1) is 15.5. The molecular weight excluding hydrogens is 312 g/mol. The van der Waals surface area contributed by atoms with E-state index in [1.807, 2.05) is 0 Å². The van der Waals surface area contributed by atoms with Crippen molar-refractivity contribution in [1.82, 2.24) is 4.90 Å². The zero-order chi connectivity index (χ0) is 14.8. The molecule has 6 heteroatoms. The minimum Gasteiger partial charge on any atom is -0.480 e. The number of anilines is 1. The van der Waals surface area contributed by atoms with Gasteiger partial charge in [-0.2, -0.15) is 0 Å². The minimum absolute atomic E-state index is 0.285. The molecule has 1 rings (SSSR count). The van der Waals surface area contributed by atoms with E-state index in [2.05, 4.69) is 15.9 Å². The number of carbonyl (C=O) groups excluding carboxylic acids is 1. The molecule has 5 nitrogen and oxygen atoms in total. The van der Waals surface area contributed by atoms with E-state index < -0.39 is 11.5 Å². The maximum Gasteiger partial charge on any atom is 0.329 e. The van der Waals surface area contributed by atoms with Gasteiger partial charge in [-0.1, -0.05) is 15.9 Å². The summed E-state index contributed by atoms with van der Waals surface area (Å²) in [4.78, 5) is 25.0. The van der Waals surface area contributed by atoms with E-state index in [0.717, 1.165) is 4.47 Å². The Bertz CT molecular complexity index is 515. The summed E-state index contributed by atoms with van der Waals surface area (Å²) >= 11 is 3.26. The van der Waals surface area contributed by atoms with Gasteiger partial charge in [0.15, 0.2) is 0 Å². The number of nitrogens with two attached hydrogens (primary N) is 1. The fraction of sp³-hybridized carbons (Fsp3) is 0.385. The van der Waals surface area contributed by atoms with Crippen LogP contribution >= 0.6 is 15.9 Å². The molecule has 0 aromatic heterocycles. The van der Waals surface area contributed by atoms with Crippen LogP contribution in [0, 0.1) is 0 Å². The molecule has 0 saturated carbocycles. The highest BCUT2D eigenvalue weighted by molar-refractivity contribution is 9.10. The topological polar surface area (TPSA) is 83.6 Å². The van der Waals surface area contributed by atoms with Gasteiger partial charge in [-0.15, -0.1) is 0 Å². The highest BCUT2D eigenvalue weighted by Gasteiger charge is 2.37. The van der Waals surface area contributed by atoms with Crippen molar-refractivity contribution in [3.63, 3.8) is 0 Å². The van der Waals surface area contributed by atoms with Crippen molar-refractivity contribution in [2.45, 2.75) is 26.3 Å². The van der Waals surface area contributed by atoms with E-state index >= 15 is 0 Å². The van der Waals surface area contributed by atoms with Crippen LogP contribution in [0.25, 0.3) is 0 Å². The molecule has 0 bridgehead atoms. The Morgan fingerprint density at radius 3 is 2.42 bits per heavy atom. The minimum atomic E-state index is -1.29. The number of nitrogens with zero attached hydrogens (tertiary/aromatic N) is 1. The monoisotopic (exact) mass is 328 g/mol. The number of carboxylic acids is 1. The molecule has 3 N–H and O–H groups in total. The SMILES string of the molecule is CCN(C(=O)c1ccc(Br)cc1N)C(C)(C)C(=O)O. The van der Waals surface area contributed by atoms with Crippen LogP contribution in [0.1, 0.15) is 31.1 Å². The fourth-order valence-corrected chi connectivity index (χ4v) is 2.16. The highest BCUT2D eigenvalue weighted by atomic mass is 79.9. The molecule has 0 spiro atoms. The number of nitrogen functional groups attached to an aromatic ring is 1. The number of likely N-dealkylation sites (N-methyl/N-ethyl adjacent to an activating group) is 1. The molecule has 1 amide bonds. The molecule has 0 unspecified atom stereocenters. The Balaban J connectivity index is 3.19. The molecule has 0 atom stereocenters. The van der Waals surface area contributed by atoms with Crippen molar-refractivity contribution in [2.24, 2.45) is 0 Å². The summed E-state index contributed by atoms with van der Waals surface area (Å²) in [5, 5.41) is 9.22. The zero-order valence-corrected chi connectivity index (χ0v) is 12.7. The maximum absolute atomic E-state index is 12.4. The molecule has 0 aliphatic carbocycles. The number of rotatable bonds is 4. The molecule has 0 saturated heterocycles. The lowest BCUT2D eigenvalue weighted by molar-refractivity contribution is -0.147. The van der Waals surface area contributed by atoms with E-state index in [0.29, 0.717) is 11.3 Å². The summed E-state index contributed by atoms with van der Waals surface area (Å²) in [6.45, 7) is 5.00. The van der Waals surface area contributed by atoms with Gasteiger partial charge in [-0.25, -0.2) is 4.79 Å². The Labute approximate surface area is 120 Å². The van der Waals surface area contributed by atoms with Crippen LogP contribution in [-0.4, -0.2) is 34.0 Å². The molecule has 1 aromatic carbocycles. The van der Waals surface area contributed by atoms with Crippen LogP contribution in [0.4, 0.5) is 5.69 Å². The summed E-state index contributed by atoms with van der Waals surface area (Å²) in [6, 6.07) is 4.91. The summed E-state index contributed by atoms with van der Waals surface area (Å²) < 4.78 is 0.766. The Hall–Kier alpha value is -1.56. The first-order valence-corrected chi connectivity index (χ1v) is 6.61. The number of carboxylic acid groups (broad SMARTS) is 1. The molecule has 0 aliphatic heterocycles. The average molecular weight is 329 g/mol. The number of amides is 1. The predicted octanol–water partition coefficient (Wildman–Crippen LogP) is 2.36. The van der Waals surface area contributed by atoms with Crippen LogP contribution in [-0.2, 0) is 4.79 Å². The van der Waals surface area contributed by atoms with E-state index in [-0.39, 0.29) is 12.5 Å². The van der Waals surface area contributed by atoms with Crippen molar-refractivity contribution in [3.8, 4) is 0 Å². The Morgan fingerprint density at radius 1 is 1.42 bits per heavy atom. The van der Waals surface area contributed by atoms with Gasteiger partial charge in [-0.05, 0) is 39.0 Å². The molecule has 0 aliphatic rings. The lowest BCUT2D eigenvalue weighted by Gasteiger charge is -2.34. The van der Waals surface area contributed by atoms with Crippen molar-refractivity contribution in [2.75, 3.05) is 12.3 Å². The van der Waals surface area contributed by atoms with Gasteiger partial charge in [0.05, 0.1) is 5.56 Å². The summed E-state index contributed by atoms with van der Waals surface area (Å²) in [5.74, 6) is -1.45. The van der Waals surface area contributed by atoms with Gasteiger partial charge in [0.25, 0.3) is 5.91 Å². The third-order valence-corrected chi connectivity index (χ3v) is 3.50.